The molecule has 0 saturated carbocycles. The summed E-state index contributed by atoms with van der Waals surface area (Å²) in [5.74, 6) is 0. The van der Waals surface area contributed by atoms with Gasteiger partial charge in [0.2, 0.25) is 0 Å². The molecule has 96 valence electrons. The van der Waals surface area contributed by atoms with Crippen molar-refractivity contribution in [1.82, 2.24) is 9.80 Å². The minimum Gasteiger partial charge on any atom is -0.395 e. The van der Waals surface area contributed by atoms with E-state index in [1.807, 2.05) is 0 Å². The van der Waals surface area contributed by atoms with Gasteiger partial charge in [0.1, 0.15) is 0 Å². The molecule has 1 aliphatic heterocycles. The molecule has 0 unspecified atom stereocenters. The first-order valence-electron chi connectivity index (χ1n) is 6.41. The molecule has 0 aromatic carbocycles. The molecule has 1 N–H and O–H groups in total. The van der Waals surface area contributed by atoms with Crippen LogP contribution in [0.5, 0.6) is 0 Å². The summed E-state index contributed by atoms with van der Waals surface area (Å²) in [6.45, 7) is 7.52. The van der Waals surface area contributed by atoms with Crippen molar-refractivity contribution >= 4 is 0 Å². The van der Waals surface area contributed by atoms with Crippen molar-refractivity contribution < 1.29 is 9.84 Å². The molecule has 4 nitrogen and oxygen atoms in total. The maximum atomic E-state index is 8.95. The monoisotopic (exact) mass is 230 g/mol. The Balaban J connectivity index is 2.05. The third-order valence-electron chi connectivity index (χ3n) is 3.18. The summed E-state index contributed by atoms with van der Waals surface area (Å²) in [6, 6.07) is 0. The van der Waals surface area contributed by atoms with E-state index in [1.165, 1.54) is 38.9 Å². The molecule has 0 bridgehead atoms. The van der Waals surface area contributed by atoms with Crippen LogP contribution in [0.25, 0.3) is 0 Å². The summed E-state index contributed by atoms with van der Waals surface area (Å²) in [7, 11) is 1.72. The average Bonchev–Trinajstić information content (AvgIpc) is 2.79. The first kappa shape index (κ1) is 13.9. The van der Waals surface area contributed by atoms with Crippen LogP contribution < -0.4 is 0 Å². The van der Waals surface area contributed by atoms with E-state index in [-0.39, 0.29) is 6.61 Å². The van der Waals surface area contributed by atoms with Crippen molar-refractivity contribution in [2.45, 2.75) is 19.3 Å². The Kier molecular flexibility index (Phi) is 7.76. The SMILES string of the molecule is COCCN(CCO)CCCN1CCCC1. The molecule has 0 aliphatic carbocycles. The number of ether oxygens (including phenoxy) is 1. The second kappa shape index (κ2) is 8.93. The highest BCUT2D eigenvalue weighted by Crippen LogP contribution is 2.07. The number of aliphatic hydroxyl groups excluding tert-OH is 1. The molecule has 0 aromatic heterocycles. The lowest BCUT2D eigenvalue weighted by atomic mass is 10.3. The van der Waals surface area contributed by atoms with E-state index in [0.717, 1.165) is 26.2 Å². The van der Waals surface area contributed by atoms with Crippen molar-refractivity contribution in [3.05, 3.63) is 0 Å². The summed E-state index contributed by atoms with van der Waals surface area (Å²) >= 11 is 0. The van der Waals surface area contributed by atoms with Crippen LogP contribution in [0.2, 0.25) is 0 Å². The van der Waals surface area contributed by atoms with Gasteiger partial charge < -0.3 is 14.7 Å². The lowest BCUT2D eigenvalue weighted by Crippen LogP contribution is -2.33. The molecule has 0 aromatic rings. The molecule has 16 heavy (non-hydrogen) atoms. The molecule has 1 aliphatic rings. The second-order valence-corrected chi connectivity index (χ2v) is 4.46. The molecule has 1 rings (SSSR count). The number of hydrogen-bond acceptors (Lipinski definition) is 4. The first-order chi connectivity index (χ1) is 7.86. The van der Waals surface area contributed by atoms with Gasteiger partial charge in [0.25, 0.3) is 0 Å². The van der Waals surface area contributed by atoms with Gasteiger partial charge in [-0.25, -0.2) is 0 Å². The van der Waals surface area contributed by atoms with Gasteiger partial charge in [-0.1, -0.05) is 0 Å². The summed E-state index contributed by atoms with van der Waals surface area (Å²) in [4.78, 5) is 4.81. The highest BCUT2D eigenvalue weighted by atomic mass is 16.5. The highest BCUT2D eigenvalue weighted by molar-refractivity contribution is 4.67. The molecular weight excluding hydrogens is 204 g/mol. The number of likely N-dealkylation sites (tertiary alicyclic amines) is 1. The average molecular weight is 230 g/mol. The third kappa shape index (κ3) is 5.80. The predicted octanol–water partition coefficient (Wildman–Crippen LogP) is 0.413. The van der Waals surface area contributed by atoms with Crippen LogP contribution in [0.1, 0.15) is 19.3 Å². The molecule has 4 heteroatoms. The predicted molar refractivity (Wildman–Crippen MR) is 65.7 cm³/mol. The van der Waals surface area contributed by atoms with E-state index >= 15 is 0 Å². The fraction of sp³-hybridized carbons (Fsp3) is 1.00. The lowest BCUT2D eigenvalue weighted by Gasteiger charge is -2.22. The largest absolute Gasteiger partial charge is 0.395 e. The maximum Gasteiger partial charge on any atom is 0.0589 e. The van der Waals surface area contributed by atoms with Crippen molar-refractivity contribution in [3.8, 4) is 0 Å². The smallest absolute Gasteiger partial charge is 0.0589 e. The first-order valence-corrected chi connectivity index (χ1v) is 6.41. The fourth-order valence-electron chi connectivity index (χ4n) is 2.22. The van der Waals surface area contributed by atoms with E-state index in [9.17, 15) is 0 Å². The number of hydrogen-bond donors (Lipinski definition) is 1. The van der Waals surface area contributed by atoms with Gasteiger partial charge in [0, 0.05) is 20.2 Å². The molecule has 0 atom stereocenters. The maximum absolute atomic E-state index is 8.95. The van der Waals surface area contributed by atoms with Crippen LogP contribution in [-0.2, 0) is 4.74 Å². The molecule has 1 saturated heterocycles. The quantitative estimate of drug-likeness (QED) is 0.622. The number of aliphatic hydroxyl groups is 1. The molecular formula is C12H26N2O2. The van der Waals surface area contributed by atoms with Crippen LogP contribution in [0, 0.1) is 0 Å². The topological polar surface area (TPSA) is 35.9 Å². The zero-order valence-corrected chi connectivity index (χ0v) is 10.5. The molecule has 0 spiro atoms. The summed E-state index contributed by atoms with van der Waals surface area (Å²) in [6.07, 6.45) is 3.93. The normalized spacial score (nSPS) is 17.4. The van der Waals surface area contributed by atoms with Crippen LogP contribution in [0.15, 0.2) is 0 Å². The van der Waals surface area contributed by atoms with Crippen molar-refractivity contribution in [3.63, 3.8) is 0 Å². The number of nitrogens with zero attached hydrogens (tertiary/aromatic N) is 2. The number of methoxy groups -OCH3 is 1. The minimum absolute atomic E-state index is 0.243. The zero-order chi connectivity index (χ0) is 11.6. The van der Waals surface area contributed by atoms with Gasteiger partial charge in [-0.15, -0.1) is 0 Å². The molecule has 1 fully saturated rings. The Labute approximate surface area is 99.2 Å². The van der Waals surface area contributed by atoms with Crippen LogP contribution in [0.3, 0.4) is 0 Å². The summed E-state index contributed by atoms with van der Waals surface area (Å²) < 4.78 is 5.06. The Morgan fingerprint density at radius 1 is 1.19 bits per heavy atom. The summed E-state index contributed by atoms with van der Waals surface area (Å²) in [5.41, 5.74) is 0. The van der Waals surface area contributed by atoms with Gasteiger partial charge >= 0.3 is 0 Å². The lowest BCUT2D eigenvalue weighted by molar-refractivity contribution is 0.127. The Morgan fingerprint density at radius 3 is 2.56 bits per heavy atom. The van der Waals surface area contributed by atoms with Crippen molar-refractivity contribution in [2.75, 3.05) is 59.6 Å². The van der Waals surface area contributed by atoms with Crippen LogP contribution in [0.4, 0.5) is 0 Å². The van der Waals surface area contributed by atoms with Gasteiger partial charge in [0.05, 0.1) is 13.2 Å². The fourth-order valence-corrected chi connectivity index (χ4v) is 2.22. The Hall–Kier alpha value is -0.160. The molecule has 0 radical (unpaired) electrons. The van der Waals surface area contributed by atoms with E-state index in [1.54, 1.807) is 7.11 Å². The Bertz CT molecular complexity index is 161. The van der Waals surface area contributed by atoms with E-state index in [2.05, 4.69) is 9.80 Å². The highest BCUT2D eigenvalue weighted by Gasteiger charge is 2.11. The van der Waals surface area contributed by atoms with Gasteiger partial charge in [-0.3, -0.25) is 4.90 Å². The van der Waals surface area contributed by atoms with Crippen LogP contribution >= 0.6 is 0 Å². The Morgan fingerprint density at radius 2 is 1.94 bits per heavy atom. The van der Waals surface area contributed by atoms with Crippen molar-refractivity contribution in [2.24, 2.45) is 0 Å². The van der Waals surface area contributed by atoms with E-state index in [0.29, 0.717) is 0 Å². The number of rotatable bonds is 9. The second-order valence-electron chi connectivity index (χ2n) is 4.46. The van der Waals surface area contributed by atoms with Crippen molar-refractivity contribution in [1.29, 1.82) is 0 Å². The van der Waals surface area contributed by atoms with Gasteiger partial charge in [-0.2, -0.15) is 0 Å². The van der Waals surface area contributed by atoms with E-state index in [4.69, 9.17) is 9.84 Å². The molecule has 1 heterocycles. The zero-order valence-electron chi connectivity index (χ0n) is 10.5. The van der Waals surface area contributed by atoms with Crippen LogP contribution in [-0.4, -0.2) is 74.5 Å². The summed E-state index contributed by atoms with van der Waals surface area (Å²) in [5, 5.41) is 8.95. The third-order valence-corrected chi connectivity index (χ3v) is 3.18. The van der Waals surface area contributed by atoms with E-state index < -0.39 is 0 Å². The standard InChI is InChI=1S/C12H26N2O2/c1-16-12-10-14(9-11-15)8-4-7-13-5-2-3-6-13/h15H,2-12H2,1H3. The minimum atomic E-state index is 0.243. The van der Waals surface area contributed by atoms with Gasteiger partial charge in [0.15, 0.2) is 0 Å². The molecule has 0 amide bonds. The van der Waals surface area contributed by atoms with Gasteiger partial charge in [-0.05, 0) is 45.4 Å².